The van der Waals surface area contributed by atoms with E-state index in [1.165, 1.54) is 4.90 Å². The summed E-state index contributed by atoms with van der Waals surface area (Å²) in [7, 11) is 1.60. The van der Waals surface area contributed by atoms with Crippen molar-refractivity contribution in [1.29, 1.82) is 0 Å². The first-order valence-corrected chi connectivity index (χ1v) is 9.77. The number of rotatable bonds is 8. The fourth-order valence-corrected chi connectivity index (χ4v) is 3.57. The number of imide groups is 1. The number of carbonyl (C=O) groups is 2. The molecule has 0 N–H and O–H groups in total. The maximum Gasteiger partial charge on any atom is 0.293 e. The van der Waals surface area contributed by atoms with Crippen molar-refractivity contribution in [1.82, 2.24) is 4.90 Å². The molecule has 7 heteroatoms. The fourth-order valence-electron chi connectivity index (χ4n) is 2.21. The van der Waals surface area contributed by atoms with Gasteiger partial charge in [-0.1, -0.05) is 13.0 Å². The Kier molecular flexibility index (Phi) is 7.53. The minimum atomic E-state index is -0.248. The molecule has 0 aliphatic carbocycles. The molecular weight excluding hydrogens is 406 g/mol. The number of halogens is 1. The molecule has 1 saturated heterocycles. The van der Waals surface area contributed by atoms with Gasteiger partial charge in [0.05, 0.1) is 15.5 Å². The lowest BCUT2D eigenvalue weighted by Gasteiger charge is -2.14. The number of thioether (sulfide) groups is 1. The van der Waals surface area contributed by atoms with Crippen LogP contribution in [0.1, 0.15) is 32.3 Å². The highest BCUT2D eigenvalue weighted by Gasteiger charge is 2.34. The van der Waals surface area contributed by atoms with Crippen LogP contribution in [0.2, 0.25) is 0 Å². The Morgan fingerprint density at radius 2 is 2.12 bits per heavy atom. The van der Waals surface area contributed by atoms with E-state index < -0.39 is 0 Å². The van der Waals surface area contributed by atoms with Crippen LogP contribution >= 0.6 is 27.7 Å². The van der Waals surface area contributed by atoms with E-state index in [9.17, 15) is 9.59 Å². The quantitative estimate of drug-likeness (QED) is 0.444. The van der Waals surface area contributed by atoms with E-state index >= 15 is 0 Å². The molecule has 0 radical (unpaired) electrons. The lowest BCUT2D eigenvalue weighted by atomic mass is 10.2. The highest BCUT2D eigenvalue weighted by atomic mass is 79.9. The van der Waals surface area contributed by atoms with Crippen LogP contribution < -0.4 is 4.74 Å². The van der Waals surface area contributed by atoms with Gasteiger partial charge in [-0.2, -0.15) is 0 Å². The van der Waals surface area contributed by atoms with Crippen LogP contribution in [0, 0.1) is 0 Å². The van der Waals surface area contributed by atoms with Gasteiger partial charge in [0.1, 0.15) is 5.75 Å². The third-order valence-corrected chi connectivity index (χ3v) is 5.29. The molecule has 0 unspecified atom stereocenters. The normalized spacial score (nSPS) is 17.4. The van der Waals surface area contributed by atoms with Crippen LogP contribution in [-0.2, 0) is 9.53 Å². The Morgan fingerprint density at radius 3 is 2.76 bits per heavy atom. The van der Waals surface area contributed by atoms with Gasteiger partial charge in [-0.25, -0.2) is 0 Å². The highest BCUT2D eigenvalue weighted by Crippen LogP contribution is 2.34. The molecule has 1 aromatic rings. The SMILES string of the molecule is CC[C@H](C)Oc1ccc(/C=C2/SC(=O)N(CCCOC)C2=O)cc1Br. The lowest BCUT2D eigenvalue weighted by molar-refractivity contribution is -0.122. The van der Waals surface area contributed by atoms with Gasteiger partial charge >= 0.3 is 0 Å². The first-order valence-electron chi connectivity index (χ1n) is 8.16. The fraction of sp³-hybridized carbons (Fsp3) is 0.444. The molecule has 1 fully saturated rings. The number of ether oxygens (including phenoxy) is 2. The van der Waals surface area contributed by atoms with Gasteiger partial charge in [-0.3, -0.25) is 14.5 Å². The number of carbonyl (C=O) groups excluding carboxylic acids is 2. The van der Waals surface area contributed by atoms with Crippen molar-refractivity contribution in [2.24, 2.45) is 0 Å². The number of nitrogens with zero attached hydrogens (tertiary/aromatic N) is 1. The maximum absolute atomic E-state index is 12.4. The predicted molar refractivity (Wildman–Crippen MR) is 104 cm³/mol. The van der Waals surface area contributed by atoms with E-state index in [2.05, 4.69) is 22.9 Å². The molecule has 136 valence electrons. The van der Waals surface area contributed by atoms with E-state index in [4.69, 9.17) is 9.47 Å². The van der Waals surface area contributed by atoms with E-state index in [1.807, 2.05) is 25.1 Å². The van der Waals surface area contributed by atoms with Crippen LogP contribution in [0.5, 0.6) is 5.75 Å². The first-order chi connectivity index (χ1) is 12.0. The van der Waals surface area contributed by atoms with Crippen LogP contribution in [-0.4, -0.2) is 42.4 Å². The Balaban J connectivity index is 2.11. The lowest BCUT2D eigenvalue weighted by Crippen LogP contribution is -2.29. The standard InChI is InChI=1S/C18H22BrNO4S/c1-4-12(2)24-15-7-6-13(10-14(15)19)11-16-17(21)20(18(22)25-16)8-5-9-23-3/h6-7,10-12H,4-5,8-9H2,1-3H3/b16-11+/t12-/m0/s1. The predicted octanol–water partition coefficient (Wildman–Crippen LogP) is 4.70. The monoisotopic (exact) mass is 427 g/mol. The summed E-state index contributed by atoms with van der Waals surface area (Å²) >= 11 is 4.47. The van der Waals surface area contributed by atoms with Gasteiger partial charge in [-0.15, -0.1) is 0 Å². The summed E-state index contributed by atoms with van der Waals surface area (Å²) in [6, 6.07) is 5.63. The molecule has 0 aromatic heterocycles. The zero-order valence-corrected chi connectivity index (χ0v) is 17.0. The molecule has 1 aromatic carbocycles. The van der Waals surface area contributed by atoms with Crippen LogP contribution in [0.4, 0.5) is 4.79 Å². The molecule has 1 aliphatic heterocycles. The summed E-state index contributed by atoms with van der Waals surface area (Å²) in [6.45, 7) is 4.97. The number of benzene rings is 1. The molecular formula is C18H22BrNO4S. The summed E-state index contributed by atoms with van der Waals surface area (Å²) in [5.41, 5.74) is 0.839. The third kappa shape index (κ3) is 5.33. The Bertz CT molecular complexity index is 677. The van der Waals surface area contributed by atoms with Crippen LogP contribution in [0.15, 0.2) is 27.6 Å². The summed E-state index contributed by atoms with van der Waals surface area (Å²) in [5, 5.41) is -0.233. The molecule has 0 saturated carbocycles. The van der Waals surface area contributed by atoms with Crippen molar-refractivity contribution in [2.75, 3.05) is 20.3 Å². The molecule has 1 heterocycles. The summed E-state index contributed by atoms with van der Waals surface area (Å²) in [5.74, 6) is 0.515. The smallest absolute Gasteiger partial charge is 0.293 e. The minimum Gasteiger partial charge on any atom is -0.490 e. The number of amides is 2. The van der Waals surface area contributed by atoms with Gasteiger partial charge in [0.15, 0.2) is 0 Å². The maximum atomic E-state index is 12.4. The van der Waals surface area contributed by atoms with E-state index in [-0.39, 0.29) is 17.3 Å². The highest BCUT2D eigenvalue weighted by molar-refractivity contribution is 9.10. The second kappa shape index (κ2) is 9.40. The molecule has 25 heavy (non-hydrogen) atoms. The number of hydrogen-bond donors (Lipinski definition) is 0. The van der Waals surface area contributed by atoms with Crippen LogP contribution in [0.25, 0.3) is 6.08 Å². The van der Waals surface area contributed by atoms with Crippen molar-refractivity contribution < 1.29 is 19.1 Å². The minimum absolute atomic E-state index is 0.130. The molecule has 2 amide bonds. The van der Waals surface area contributed by atoms with Gasteiger partial charge in [0, 0.05) is 20.3 Å². The van der Waals surface area contributed by atoms with Crippen molar-refractivity contribution in [3.05, 3.63) is 33.1 Å². The van der Waals surface area contributed by atoms with E-state index in [0.29, 0.717) is 24.5 Å². The van der Waals surface area contributed by atoms with Crippen molar-refractivity contribution in [3.63, 3.8) is 0 Å². The Labute approximate surface area is 160 Å². The third-order valence-electron chi connectivity index (χ3n) is 3.76. The van der Waals surface area contributed by atoms with Crippen molar-refractivity contribution in [3.8, 4) is 5.75 Å². The Morgan fingerprint density at radius 1 is 1.36 bits per heavy atom. The summed E-state index contributed by atoms with van der Waals surface area (Å²) in [4.78, 5) is 26.1. The zero-order valence-electron chi connectivity index (χ0n) is 14.6. The molecule has 0 spiro atoms. The zero-order chi connectivity index (χ0) is 18.4. The largest absolute Gasteiger partial charge is 0.490 e. The first kappa shape index (κ1) is 20.0. The summed E-state index contributed by atoms with van der Waals surface area (Å²) in [6.07, 6.45) is 3.42. The molecule has 5 nitrogen and oxygen atoms in total. The Hall–Kier alpha value is -1.31. The van der Waals surface area contributed by atoms with Gasteiger partial charge in [-0.05, 0) is 71.2 Å². The number of methoxy groups -OCH3 is 1. The molecule has 2 rings (SSSR count). The topological polar surface area (TPSA) is 55.8 Å². The summed E-state index contributed by atoms with van der Waals surface area (Å²) < 4.78 is 11.6. The molecule has 0 bridgehead atoms. The van der Waals surface area contributed by atoms with E-state index in [0.717, 1.165) is 34.0 Å². The van der Waals surface area contributed by atoms with Gasteiger partial charge < -0.3 is 9.47 Å². The number of hydrogen-bond acceptors (Lipinski definition) is 5. The van der Waals surface area contributed by atoms with Crippen molar-refractivity contribution in [2.45, 2.75) is 32.8 Å². The van der Waals surface area contributed by atoms with Gasteiger partial charge in [0.25, 0.3) is 11.1 Å². The second-order valence-corrected chi connectivity index (χ2v) is 7.55. The van der Waals surface area contributed by atoms with Crippen molar-refractivity contribution >= 4 is 44.9 Å². The average Bonchev–Trinajstić information content (AvgIpc) is 2.84. The van der Waals surface area contributed by atoms with E-state index in [1.54, 1.807) is 13.2 Å². The second-order valence-electron chi connectivity index (χ2n) is 5.71. The van der Waals surface area contributed by atoms with Gasteiger partial charge in [0.2, 0.25) is 0 Å². The molecule has 1 atom stereocenters. The molecule has 1 aliphatic rings. The average molecular weight is 428 g/mol. The van der Waals surface area contributed by atoms with Crippen LogP contribution in [0.3, 0.4) is 0 Å².